The van der Waals surface area contributed by atoms with E-state index in [9.17, 15) is 4.79 Å². The van der Waals surface area contributed by atoms with Gasteiger partial charge in [0.05, 0.1) is 5.52 Å². The maximum Gasteiger partial charge on any atom is 0.217 e. The van der Waals surface area contributed by atoms with Gasteiger partial charge in [-0.3, -0.25) is 9.78 Å². The summed E-state index contributed by atoms with van der Waals surface area (Å²) in [6, 6.07) is 10.6. The summed E-state index contributed by atoms with van der Waals surface area (Å²) >= 11 is 0. The molecule has 4 heteroatoms. The van der Waals surface area contributed by atoms with E-state index in [4.69, 9.17) is 0 Å². The smallest absolute Gasteiger partial charge is 0.217 e. The molecule has 0 aliphatic carbocycles. The van der Waals surface area contributed by atoms with Crippen LogP contribution in [-0.2, 0) is 11.3 Å². The predicted octanol–water partition coefficient (Wildman–Crippen LogP) is 3.02. The summed E-state index contributed by atoms with van der Waals surface area (Å²) in [6.07, 6.45) is 2.79. The van der Waals surface area contributed by atoms with E-state index in [-0.39, 0.29) is 11.4 Å². The lowest BCUT2D eigenvalue weighted by molar-refractivity contribution is -0.120. The number of rotatable bonds is 6. The number of fused-ring (bicyclic) bond motifs is 1. The van der Waals surface area contributed by atoms with Crippen molar-refractivity contribution < 1.29 is 4.79 Å². The van der Waals surface area contributed by atoms with Gasteiger partial charge in [-0.1, -0.05) is 18.2 Å². The first-order chi connectivity index (χ1) is 10.4. The highest BCUT2D eigenvalue weighted by atomic mass is 16.1. The molecule has 1 heterocycles. The highest BCUT2D eigenvalue weighted by Gasteiger charge is 2.21. The minimum atomic E-state index is -0.208. The van der Waals surface area contributed by atoms with Crippen molar-refractivity contribution in [1.82, 2.24) is 15.6 Å². The Morgan fingerprint density at radius 2 is 2.05 bits per heavy atom. The fraction of sp³-hybridized carbons (Fsp3) is 0.444. The highest BCUT2D eigenvalue weighted by molar-refractivity contribution is 5.78. The summed E-state index contributed by atoms with van der Waals surface area (Å²) in [4.78, 5) is 15.7. The Kier molecular flexibility index (Phi) is 5.14. The Morgan fingerprint density at radius 3 is 2.77 bits per heavy atom. The zero-order valence-electron chi connectivity index (χ0n) is 13.8. The Bertz CT molecular complexity index is 652. The highest BCUT2D eigenvalue weighted by Crippen LogP contribution is 2.14. The van der Waals surface area contributed by atoms with Crippen molar-refractivity contribution in [3.63, 3.8) is 0 Å². The van der Waals surface area contributed by atoms with E-state index in [2.05, 4.69) is 34.7 Å². The van der Waals surface area contributed by atoms with Crippen molar-refractivity contribution in [3.8, 4) is 0 Å². The molecular formula is C18H25N3O. The largest absolute Gasteiger partial charge is 0.351 e. The van der Waals surface area contributed by atoms with Gasteiger partial charge in [0.2, 0.25) is 5.91 Å². The maximum absolute atomic E-state index is 11.2. The summed E-state index contributed by atoms with van der Waals surface area (Å²) < 4.78 is 0. The zero-order valence-corrected chi connectivity index (χ0v) is 13.8. The molecule has 118 valence electrons. The molecule has 22 heavy (non-hydrogen) atoms. The van der Waals surface area contributed by atoms with Gasteiger partial charge < -0.3 is 10.6 Å². The average Bonchev–Trinajstić information content (AvgIpc) is 2.43. The third kappa shape index (κ3) is 4.81. The number of amides is 1. The molecule has 0 bridgehead atoms. The molecule has 2 N–H and O–H groups in total. The molecule has 0 aliphatic heterocycles. The molecule has 0 unspecified atom stereocenters. The van der Waals surface area contributed by atoms with E-state index in [1.165, 1.54) is 5.56 Å². The van der Waals surface area contributed by atoms with E-state index in [1.54, 1.807) is 6.92 Å². The third-order valence-electron chi connectivity index (χ3n) is 3.63. The molecule has 2 aromatic rings. The quantitative estimate of drug-likeness (QED) is 0.862. The van der Waals surface area contributed by atoms with Gasteiger partial charge in [0, 0.05) is 36.6 Å². The maximum atomic E-state index is 11.2. The predicted molar refractivity (Wildman–Crippen MR) is 90.6 cm³/mol. The summed E-state index contributed by atoms with van der Waals surface area (Å²) in [6.45, 7) is 8.56. The normalized spacial score (nSPS) is 13.1. The van der Waals surface area contributed by atoms with Crippen molar-refractivity contribution in [2.75, 3.05) is 0 Å². The molecule has 0 saturated carbocycles. The van der Waals surface area contributed by atoms with Gasteiger partial charge in [-0.2, -0.15) is 0 Å². The van der Waals surface area contributed by atoms with E-state index >= 15 is 0 Å². The molecule has 0 saturated heterocycles. The Hall–Kier alpha value is -1.94. The van der Waals surface area contributed by atoms with Crippen LogP contribution >= 0.6 is 0 Å². The van der Waals surface area contributed by atoms with Gasteiger partial charge in [0.15, 0.2) is 0 Å². The lowest BCUT2D eigenvalue weighted by Gasteiger charge is -2.29. The van der Waals surface area contributed by atoms with Crippen molar-refractivity contribution in [2.24, 2.45) is 0 Å². The Morgan fingerprint density at radius 1 is 1.32 bits per heavy atom. The average molecular weight is 299 g/mol. The molecule has 1 atom stereocenters. The van der Waals surface area contributed by atoms with E-state index in [0.29, 0.717) is 6.04 Å². The minimum Gasteiger partial charge on any atom is -0.351 e. The first-order valence-electron chi connectivity index (χ1n) is 7.71. The van der Waals surface area contributed by atoms with Crippen LogP contribution in [0.15, 0.2) is 36.5 Å². The number of nitrogens with zero attached hydrogens (tertiary/aromatic N) is 1. The lowest BCUT2D eigenvalue weighted by Crippen LogP contribution is -2.46. The van der Waals surface area contributed by atoms with Gasteiger partial charge in [-0.25, -0.2) is 0 Å². The third-order valence-corrected chi connectivity index (χ3v) is 3.63. The van der Waals surface area contributed by atoms with Crippen LogP contribution in [0, 0.1) is 0 Å². The minimum absolute atomic E-state index is 0.0101. The number of carbonyl (C=O) groups is 1. The SMILES string of the molecule is CC(=O)NC(C)(C)C[C@@H](C)NCc1cnc2ccccc2c1. The van der Waals surface area contributed by atoms with Crippen LogP contribution in [0.3, 0.4) is 0 Å². The van der Waals surface area contributed by atoms with Crippen LogP contribution in [-0.4, -0.2) is 22.5 Å². The van der Waals surface area contributed by atoms with Crippen LogP contribution in [0.5, 0.6) is 0 Å². The molecule has 0 aliphatic rings. The molecule has 1 amide bonds. The lowest BCUT2D eigenvalue weighted by atomic mass is 9.95. The second kappa shape index (κ2) is 6.88. The molecule has 0 fully saturated rings. The van der Waals surface area contributed by atoms with Gasteiger partial charge in [-0.15, -0.1) is 0 Å². The van der Waals surface area contributed by atoms with Gasteiger partial charge in [-0.05, 0) is 44.9 Å². The van der Waals surface area contributed by atoms with Crippen LogP contribution in [0.1, 0.15) is 39.7 Å². The van der Waals surface area contributed by atoms with E-state index in [1.807, 2.05) is 38.2 Å². The molecular weight excluding hydrogens is 274 g/mol. The van der Waals surface area contributed by atoms with Crippen LogP contribution in [0.4, 0.5) is 0 Å². The zero-order chi connectivity index (χ0) is 16.2. The van der Waals surface area contributed by atoms with Crippen LogP contribution < -0.4 is 10.6 Å². The molecule has 4 nitrogen and oxygen atoms in total. The molecule has 2 rings (SSSR count). The van der Waals surface area contributed by atoms with Crippen molar-refractivity contribution in [1.29, 1.82) is 0 Å². The topological polar surface area (TPSA) is 54.0 Å². The van der Waals surface area contributed by atoms with E-state index in [0.717, 1.165) is 23.9 Å². The fourth-order valence-corrected chi connectivity index (χ4v) is 2.87. The monoisotopic (exact) mass is 299 g/mol. The van der Waals surface area contributed by atoms with Crippen LogP contribution in [0.25, 0.3) is 10.9 Å². The van der Waals surface area contributed by atoms with Gasteiger partial charge >= 0.3 is 0 Å². The van der Waals surface area contributed by atoms with E-state index < -0.39 is 0 Å². The Labute approximate surface area is 132 Å². The number of para-hydroxylation sites is 1. The molecule has 0 spiro atoms. The van der Waals surface area contributed by atoms with Crippen LogP contribution in [0.2, 0.25) is 0 Å². The molecule has 1 aromatic heterocycles. The fourth-order valence-electron chi connectivity index (χ4n) is 2.87. The van der Waals surface area contributed by atoms with Gasteiger partial charge in [0.1, 0.15) is 0 Å². The molecule has 1 aromatic carbocycles. The van der Waals surface area contributed by atoms with Crippen molar-refractivity contribution in [3.05, 3.63) is 42.1 Å². The second-order valence-corrected chi connectivity index (χ2v) is 6.59. The number of aromatic nitrogens is 1. The number of carbonyl (C=O) groups excluding carboxylic acids is 1. The number of benzene rings is 1. The number of hydrogen-bond acceptors (Lipinski definition) is 3. The number of pyridine rings is 1. The number of hydrogen-bond donors (Lipinski definition) is 2. The summed E-state index contributed by atoms with van der Waals surface area (Å²) in [5, 5.41) is 7.64. The Balaban J connectivity index is 1.92. The first-order valence-corrected chi connectivity index (χ1v) is 7.71. The standard InChI is InChI=1S/C18H25N3O/c1-13(10-18(3,4)21-14(2)22)19-11-15-9-16-7-5-6-8-17(16)20-12-15/h5-9,12-13,19H,10-11H2,1-4H3,(H,21,22)/t13-/m1/s1. The summed E-state index contributed by atoms with van der Waals surface area (Å²) in [7, 11) is 0. The van der Waals surface area contributed by atoms with Crippen molar-refractivity contribution >= 4 is 16.8 Å². The summed E-state index contributed by atoms with van der Waals surface area (Å²) in [5.74, 6) is 0.0101. The van der Waals surface area contributed by atoms with Crippen molar-refractivity contribution in [2.45, 2.75) is 52.2 Å². The first kappa shape index (κ1) is 16.4. The summed E-state index contributed by atoms with van der Waals surface area (Å²) in [5.41, 5.74) is 1.98. The second-order valence-electron chi connectivity index (χ2n) is 6.59. The molecule has 0 radical (unpaired) electrons. The van der Waals surface area contributed by atoms with Gasteiger partial charge in [0.25, 0.3) is 0 Å². The number of nitrogens with one attached hydrogen (secondary N) is 2.